The topological polar surface area (TPSA) is 126 Å². The lowest BCUT2D eigenvalue weighted by atomic mass is 10.2. The highest BCUT2D eigenvalue weighted by atomic mass is 28.3. The van der Waals surface area contributed by atoms with Crippen molar-refractivity contribution in [3.63, 3.8) is 0 Å². The fourth-order valence-corrected chi connectivity index (χ4v) is 6.39. The molecule has 1 fully saturated rings. The quantitative estimate of drug-likeness (QED) is 0.114. The molecule has 13 heteroatoms. The second-order valence-electron chi connectivity index (χ2n) is 13.0. The normalized spacial score (nSPS) is 15.3. The van der Waals surface area contributed by atoms with Crippen LogP contribution in [0.25, 0.3) is 27.6 Å². The van der Waals surface area contributed by atoms with Gasteiger partial charge in [-0.2, -0.15) is 5.10 Å². The van der Waals surface area contributed by atoms with Crippen LogP contribution in [0.15, 0.2) is 79.4 Å². The van der Waals surface area contributed by atoms with E-state index in [1.165, 1.54) is 0 Å². The number of hydrogen-bond donors (Lipinski definition) is 2. The van der Waals surface area contributed by atoms with Crippen LogP contribution < -0.4 is 10.6 Å². The van der Waals surface area contributed by atoms with Crippen LogP contribution in [0, 0.1) is 0 Å². The summed E-state index contributed by atoms with van der Waals surface area (Å²) in [5, 5.41) is 17.9. The number of imidazole rings is 1. The first-order valence-corrected chi connectivity index (χ1v) is 19.7. The summed E-state index contributed by atoms with van der Waals surface area (Å²) in [6, 6.07) is 20.7. The van der Waals surface area contributed by atoms with Crippen molar-refractivity contribution in [3.05, 3.63) is 85.1 Å². The van der Waals surface area contributed by atoms with Crippen molar-refractivity contribution in [1.29, 1.82) is 0 Å². The second-order valence-corrected chi connectivity index (χ2v) is 18.7. The predicted molar refractivity (Wildman–Crippen MR) is 185 cm³/mol. The summed E-state index contributed by atoms with van der Waals surface area (Å²) in [5.74, 6) is 1.30. The first-order chi connectivity index (χ1) is 22.8. The Kier molecular flexibility index (Phi) is 8.58. The third-order valence-electron chi connectivity index (χ3n) is 8.17. The van der Waals surface area contributed by atoms with Crippen LogP contribution in [0.3, 0.4) is 0 Å². The lowest BCUT2D eigenvalue weighted by Crippen LogP contribution is -2.21. The van der Waals surface area contributed by atoms with Gasteiger partial charge in [0.2, 0.25) is 0 Å². The van der Waals surface area contributed by atoms with E-state index < -0.39 is 8.07 Å². The Bertz CT molecular complexity index is 2020. The standard InChI is InChI=1S/C34H39N9O3Si/c1-47(2,3)18-17-45-23-41-21-27(35-22-41)34(44)39-30-11-8-12-31(38-30)42-29-10-5-4-9-26(29)33(40-42)37-25-14-15-28-24(19-25)20-36-43(28)32-13-6-7-16-46-32/h4-5,8-12,14-15,19-22,32H,6-7,13,16-18,23H2,1-3H3,(H,37,40)(H,38,39,44). The molecule has 1 unspecified atom stereocenters. The van der Waals surface area contributed by atoms with Crippen molar-refractivity contribution in [2.75, 3.05) is 23.8 Å². The van der Waals surface area contributed by atoms with E-state index in [0.717, 1.165) is 59.4 Å². The maximum Gasteiger partial charge on any atom is 0.277 e. The number of rotatable bonds is 11. The highest BCUT2D eigenvalue weighted by Crippen LogP contribution is 2.31. The number of amides is 1. The van der Waals surface area contributed by atoms with Crippen molar-refractivity contribution in [3.8, 4) is 5.82 Å². The monoisotopic (exact) mass is 649 g/mol. The number of para-hydroxylation sites is 1. The lowest BCUT2D eigenvalue weighted by Gasteiger charge is -2.23. The molecule has 1 amide bonds. The van der Waals surface area contributed by atoms with E-state index in [4.69, 9.17) is 19.6 Å². The number of carbonyl (C=O) groups excluding carboxylic acids is 1. The molecule has 1 aliphatic rings. The van der Waals surface area contributed by atoms with Gasteiger partial charge in [-0.25, -0.2) is 19.3 Å². The first kappa shape index (κ1) is 30.8. The summed E-state index contributed by atoms with van der Waals surface area (Å²) in [6.45, 7) is 8.77. The van der Waals surface area contributed by atoms with E-state index in [2.05, 4.69) is 52.5 Å². The third kappa shape index (κ3) is 6.97. The molecule has 4 aromatic heterocycles. The maximum absolute atomic E-state index is 13.0. The first-order valence-electron chi connectivity index (χ1n) is 16.0. The van der Waals surface area contributed by atoms with Gasteiger partial charge < -0.3 is 24.7 Å². The lowest BCUT2D eigenvalue weighted by molar-refractivity contribution is -0.0366. The molecule has 6 aromatic rings. The average molecular weight is 650 g/mol. The van der Waals surface area contributed by atoms with Gasteiger partial charge in [0.25, 0.3) is 5.91 Å². The Labute approximate surface area is 273 Å². The average Bonchev–Trinajstić information content (AvgIpc) is 3.81. The number of nitrogens with one attached hydrogen (secondary N) is 2. The molecule has 242 valence electrons. The summed E-state index contributed by atoms with van der Waals surface area (Å²) in [7, 11) is -1.16. The predicted octanol–water partition coefficient (Wildman–Crippen LogP) is 6.97. The summed E-state index contributed by atoms with van der Waals surface area (Å²) >= 11 is 0. The largest absolute Gasteiger partial charge is 0.361 e. The number of hydrogen-bond acceptors (Lipinski definition) is 8. The number of benzene rings is 2. The molecule has 0 spiro atoms. The molecule has 1 aliphatic heterocycles. The summed E-state index contributed by atoms with van der Waals surface area (Å²) in [6.07, 6.45) is 8.36. The molecule has 0 aliphatic carbocycles. The van der Waals surface area contributed by atoms with Gasteiger partial charge in [-0.3, -0.25) is 4.79 Å². The van der Waals surface area contributed by atoms with Gasteiger partial charge in [0, 0.05) is 43.9 Å². The minimum absolute atomic E-state index is 0.0193. The van der Waals surface area contributed by atoms with Crippen LogP contribution in [0.2, 0.25) is 25.7 Å². The van der Waals surface area contributed by atoms with Crippen molar-refractivity contribution < 1.29 is 14.3 Å². The van der Waals surface area contributed by atoms with Crippen LogP contribution in [0.5, 0.6) is 0 Å². The number of nitrogens with zero attached hydrogens (tertiary/aromatic N) is 7. The van der Waals surface area contributed by atoms with E-state index in [0.29, 0.717) is 30.8 Å². The van der Waals surface area contributed by atoms with Gasteiger partial charge in [0.1, 0.15) is 18.2 Å². The third-order valence-corrected chi connectivity index (χ3v) is 9.87. The number of carbonyl (C=O) groups is 1. The van der Waals surface area contributed by atoms with Crippen molar-refractivity contribution >= 4 is 53.1 Å². The van der Waals surface area contributed by atoms with Crippen LogP contribution in [-0.4, -0.2) is 61.3 Å². The number of fused-ring (bicyclic) bond motifs is 2. The number of anilines is 3. The zero-order valence-electron chi connectivity index (χ0n) is 26.9. The van der Waals surface area contributed by atoms with Gasteiger partial charge in [-0.1, -0.05) is 37.8 Å². The van der Waals surface area contributed by atoms with E-state index in [9.17, 15) is 4.79 Å². The highest BCUT2D eigenvalue weighted by Gasteiger charge is 2.20. The van der Waals surface area contributed by atoms with Crippen LogP contribution >= 0.6 is 0 Å². The number of aromatic nitrogens is 7. The smallest absolute Gasteiger partial charge is 0.277 e. The van der Waals surface area contributed by atoms with Gasteiger partial charge in [-0.05, 0) is 67.8 Å². The minimum atomic E-state index is -1.16. The van der Waals surface area contributed by atoms with Crippen LogP contribution in [0.1, 0.15) is 36.0 Å². The summed E-state index contributed by atoms with van der Waals surface area (Å²) in [4.78, 5) is 22.0. The molecule has 2 N–H and O–H groups in total. The maximum atomic E-state index is 13.0. The molecule has 47 heavy (non-hydrogen) atoms. The highest BCUT2D eigenvalue weighted by molar-refractivity contribution is 6.76. The van der Waals surface area contributed by atoms with Gasteiger partial charge in [-0.15, -0.1) is 5.10 Å². The zero-order chi connectivity index (χ0) is 32.4. The Hall–Kier alpha value is -4.85. The molecule has 7 rings (SSSR count). The molecule has 0 saturated carbocycles. The Morgan fingerprint density at radius 2 is 1.96 bits per heavy atom. The van der Waals surface area contributed by atoms with E-state index in [1.54, 1.807) is 27.8 Å². The molecule has 1 atom stereocenters. The van der Waals surface area contributed by atoms with Crippen molar-refractivity contribution in [2.24, 2.45) is 0 Å². The SMILES string of the molecule is C[Si](C)(C)CCOCn1cnc(C(=O)Nc2cccc(-n3nc(Nc4ccc5c(cnn5C5CCCCO5)c4)c4ccccc43)n2)c1. The van der Waals surface area contributed by atoms with E-state index in [1.807, 2.05) is 53.3 Å². The molecule has 5 heterocycles. The zero-order valence-corrected chi connectivity index (χ0v) is 27.9. The second kappa shape index (κ2) is 13.1. The fourth-order valence-electron chi connectivity index (χ4n) is 5.63. The molecular weight excluding hydrogens is 611 g/mol. The van der Waals surface area contributed by atoms with Gasteiger partial charge >= 0.3 is 0 Å². The van der Waals surface area contributed by atoms with E-state index in [-0.39, 0.29) is 17.8 Å². The minimum Gasteiger partial charge on any atom is -0.361 e. The molecule has 12 nitrogen and oxygen atoms in total. The fraction of sp³-hybridized carbons (Fsp3) is 0.324. The molecule has 0 bridgehead atoms. The van der Waals surface area contributed by atoms with Crippen molar-refractivity contribution in [2.45, 2.75) is 57.9 Å². The molecule has 2 aromatic carbocycles. The molecule has 0 radical (unpaired) electrons. The van der Waals surface area contributed by atoms with Gasteiger partial charge in [0.05, 0.1) is 23.6 Å². The number of pyridine rings is 1. The Morgan fingerprint density at radius 3 is 2.81 bits per heavy atom. The number of ether oxygens (including phenoxy) is 2. The molecule has 1 saturated heterocycles. The Morgan fingerprint density at radius 1 is 1.06 bits per heavy atom. The van der Waals surface area contributed by atoms with Crippen molar-refractivity contribution in [1.82, 2.24) is 34.1 Å². The van der Waals surface area contributed by atoms with Crippen LogP contribution in [-0.2, 0) is 16.2 Å². The van der Waals surface area contributed by atoms with Gasteiger partial charge in [0.15, 0.2) is 17.9 Å². The molecular formula is C34H39N9O3Si. The Balaban J connectivity index is 1.07. The van der Waals surface area contributed by atoms with E-state index >= 15 is 0 Å². The summed E-state index contributed by atoms with van der Waals surface area (Å²) in [5.41, 5.74) is 3.10. The summed E-state index contributed by atoms with van der Waals surface area (Å²) < 4.78 is 17.3. The van der Waals surface area contributed by atoms with Crippen LogP contribution in [0.4, 0.5) is 17.3 Å².